The van der Waals surface area contributed by atoms with Crippen molar-refractivity contribution < 1.29 is 14.7 Å². The number of urea groups is 1. The van der Waals surface area contributed by atoms with E-state index in [1.807, 2.05) is 18.2 Å². The smallest absolute Gasteiger partial charge is 0.319 e. The fourth-order valence-corrected chi connectivity index (χ4v) is 3.53. The summed E-state index contributed by atoms with van der Waals surface area (Å²) in [5, 5.41) is 9.40. The highest BCUT2D eigenvalue weighted by atomic mass is 16.4. The van der Waals surface area contributed by atoms with Crippen LogP contribution in [0.15, 0.2) is 30.3 Å². The Morgan fingerprint density at radius 2 is 1.91 bits per heavy atom. The molecule has 2 atom stereocenters. The third-order valence-electron chi connectivity index (χ3n) is 5.09. The lowest BCUT2D eigenvalue weighted by Crippen LogP contribution is -2.41. The molecule has 1 aliphatic heterocycles. The van der Waals surface area contributed by atoms with Crippen molar-refractivity contribution in [2.24, 2.45) is 17.8 Å². The van der Waals surface area contributed by atoms with E-state index in [9.17, 15) is 14.7 Å². The molecule has 0 aromatic heterocycles. The maximum atomic E-state index is 12.6. The molecule has 1 N–H and O–H groups in total. The number of likely N-dealkylation sites (N-methyl/N-ethyl adjacent to an activating group) is 1. The van der Waals surface area contributed by atoms with Gasteiger partial charge in [-0.05, 0) is 36.7 Å². The molecule has 124 valence electrons. The minimum absolute atomic E-state index is 0.0460. The van der Waals surface area contributed by atoms with Gasteiger partial charge in [0.1, 0.15) is 0 Å². The quantitative estimate of drug-likeness (QED) is 0.907. The molecule has 0 bridgehead atoms. The molecule has 0 radical (unpaired) electrons. The van der Waals surface area contributed by atoms with Crippen LogP contribution >= 0.6 is 0 Å². The number of likely N-dealkylation sites (tertiary alicyclic amines) is 1. The number of amides is 2. The van der Waals surface area contributed by atoms with Crippen molar-refractivity contribution in [2.75, 3.05) is 26.7 Å². The SMILES string of the molecule is CN(CCc1ccccc1)C(=O)N1C[C@@H](C(=O)O)[C@H](C2CC2)C1. The van der Waals surface area contributed by atoms with E-state index in [1.54, 1.807) is 16.8 Å². The van der Waals surface area contributed by atoms with Crippen molar-refractivity contribution in [1.29, 1.82) is 0 Å². The van der Waals surface area contributed by atoms with E-state index in [2.05, 4.69) is 12.1 Å². The summed E-state index contributed by atoms with van der Waals surface area (Å²) in [5.41, 5.74) is 1.20. The first-order valence-electron chi connectivity index (χ1n) is 8.33. The van der Waals surface area contributed by atoms with E-state index in [4.69, 9.17) is 0 Å². The lowest BCUT2D eigenvalue weighted by Gasteiger charge is -2.24. The molecular formula is C18H24N2O3. The van der Waals surface area contributed by atoms with Crippen LogP contribution in [0.3, 0.4) is 0 Å². The van der Waals surface area contributed by atoms with Crippen LogP contribution in [0.1, 0.15) is 18.4 Å². The van der Waals surface area contributed by atoms with Crippen LogP contribution < -0.4 is 0 Å². The van der Waals surface area contributed by atoms with Crippen molar-refractivity contribution in [1.82, 2.24) is 9.80 Å². The minimum atomic E-state index is -0.760. The van der Waals surface area contributed by atoms with Crippen molar-refractivity contribution >= 4 is 12.0 Å². The summed E-state index contributed by atoms with van der Waals surface area (Å²) in [5.74, 6) is -0.513. The first-order valence-corrected chi connectivity index (χ1v) is 8.33. The van der Waals surface area contributed by atoms with E-state index in [-0.39, 0.29) is 11.9 Å². The second-order valence-corrected chi connectivity index (χ2v) is 6.79. The van der Waals surface area contributed by atoms with Crippen molar-refractivity contribution in [3.05, 3.63) is 35.9 Å². The van der Waals surface area contributed by atoms with Gasteiger partial charge in [-0.2, -0.15) is 0 Å². The lowest BCUT2D eigenvalue weighted by atomic mass is 9.92. The molecule has 0 unspecified atom stereocenters. The number of carbonyl (C=O) groups is 2. The molecule has 3 rings (SSSR count). The Bertz CT molecular complexity index is 571. The van der Waals surface area contributed by atoms with Gasteiger partial charge in [-0.3, -0.25) is 4.79 Å². The topological polar surface area (TPSA) is 60.9 Å². The maximum absolute atomic E-state index is 12.6. The highest BCUT2D eigenvalue weighted by Crippen LogP contribution is 2.44. The predicted molar refractivity (Wildman–Crippen MR) is 87.1 cm³/mol. The number of aliphatic carboxylic acids is 1. The molecule has 1 aliphatic carbocycles. The predicted octanol–water partition coefficient (Wildman–Crippen LogP) is 2.32. The zero-order valence-electron chi connectivity index (χ0n) is 13.5. The van der Waals surface area contributed by atoms with Gasteiger partial charge in [-0.25, -0.2) is 4.79 Å². The summed E-state index contributed by atoms with van der Waals surface area (Å²) in [4.78, 5) is 27.5. The molecular weight excluding hydrogens is 292 g/mol. The molecule has 0 spiro atoms. The number of carbonyl (C=O) groups excluding carboxylic acids is 1. The third kappa shape index (κ3) is 3.66. The Morgan fingerprint density at radius 1 is 1.22 bits per heavy atom. The molecule has 1 saturated heterocycles. The molecule has 5 nitrogen and oxygen atoms in total. The van der Waals surface area contributed by atoms with Gasteiger partial charge in [-0.1, -0.05) is 30.3 Å². The van der Waals surface area contributed by atoms with E-state index in [1.165, 1.54) is 5.56 Å². The molecule has 2 fully saturated rings. The number of nitrogens with zero attached hydrogens (tertiary/aromatic N) is 2. The zero-order valence-corrected chi connectivity index (χ0v) is 13.5. The molecule has 1 saturated carbocycles. The first kappa shape index (κ1) is 15.8. The summed E-state index contributed by atoms with van der Waals surface area (Å²) in [6, 6.07) is 10.0. The summed E-state index contributed by atoms with van der Waals surface area (Å²) < 4.78 is 0. The summed E-state index contributed by atoms with van der Waals surface area (Å²) in [6.07, 6.45) is 3.03. The lowest BCUT2D eigenvalue weighted by molar-refractivity contribution is -0.142. The van der Waals surface area contributed by atoms with Gasteiger partial charge in [0, 0.05) is 26.7 Å². The van der Waals surface area contributed by atoms with Crippen LogP contribution in [-0.2, 0) is 11.2 Å². The standard InChI is InChI=1S/C18H24N2O3/c1-19(10-9-13-5-3-2-4-6-13)18(23)20-11-15(14-7-8-14)16(12-20)17(21)22/h2-6,14-16H,7-12H2,1H3,(H,21,22)/t15-,16+/m0/s1. The third-order valence-corrected chi connectivity index (χ3v) is 5.09. The van der Waals surface area contributed by atoms with Crippen LogP contribution in [0.4, 0.5) is 4.79 Å². The summed E-state index contributed by atoms with van der Waals surface area (Å²) in [7, 11) is 1.80. The molecule has 23 heavy (non-hydrogen) atoms. The average Bonchev–Trinajstić information content (AvgIpc) is 3.31. The van der Waals surface area contributed by atoms with E-state index in [0.717, 1.165) is 19.3 Å². The monoisotopic (exact) mass is 316 g/mol. The molecule has 1 aromatic carbocycles. The zero-order chi connectivity index (χ0) is 16.4. The highest BCUT2D eigenvalue weighted by Gasteiger charge is 2.47. The molecule has 1 heterocycles. The molecule has 5 heteroatoms. The van der Waals surface area contributed by atoms with Crippen LogP contribution in [0.2, 0.25) is 0 Å². The maximum Gasteiger partial charge on any atom is 0.319 e. The van der Waals surface area contributed by atoms with Gasteiger partial charge in [-0.15, -0.1) is 0 Å². The Hall–Kier alpha value is -2.04. The number of carboxylic acid groups (broad SMARTS) is 1. The largest absolute Gasteiger partial charge is 0.481 e. The first-order chi connectivity index (χ1) is 11.1. The molecule has 2 aliphatic rings. The number of benzene rings is 1. The van der Waals surface area contributed by atoms with E-state index >= 15 is 0 Å². The number of hydrogen-bond acceptors (Lipinski definition) is 2. The van der Waals surface area contributed by atoms with Crippen LogP contribution in [0, 0.1) is 17.8 Å². The van der Waals surface area contributed by atoms with Crippen LogP contribution in [0.25, 0.3) is 0 Å². The average molecular weight is 316 g/mol. The number of rotatable bonds is 5. The Balaban J connectivity index is 1.56. The van der Waals surface area contributed by atoms with Crippen molar-refractivity contribution in [3.8, 4) is 0 Å². The second kappa shape index (κ2) is 6.60. The van der Waals surface area contributed by atoms with Gasteiger partial charge in [0.2, 0.25) is 0 Å². The summed E-state index contributed by atoms with van der Waals surface area (Å²) >= 11 is 0. The number of hydrogen-bond donors (Lipinski definition) is 1. The molecule has 2 amide bonds. The fraction of sp³-hybridized carbons (Fsp3) is 0.556. The normalized spacial score (nSPS) is 23.8. The van der Waals surface area contributed by atoms with Gasteiger partial charge in [0.25, 0.3) is 0 Å². The van der Waals surface area contributed by atoms with Gasteiger partial charge < -0.3 is 14.9 Å². The number of carboxylic acids is 1. The highest BCUT2D eigenvalue weighted by molar-refractivity contribution is 5.77. The Morgan fingerprint density at radius 3 is 2.52 bits per heavy atom. The Kier molecular flexibility index (Phi) is 4.55. The van der Waals surface area contributed by atoms with Gasteiger partial charge in [0.05, 0.1) is 5.92 Å². The van der Waals surface area contributed by atoms with Crippen molar-refractivity contribution in [3.63, 3.8) is 0 Å². The van der Waals surface area contributed by atoms with Crippen molar-refractivity contribution in [2.45, 2.75) is 19.3 Å². The van der Waals surface area contributed by atoms with E-state index < -0.39 is 11.9 Å². The fourth-order valence-electron chi connectivity index (χ4n) is 3.53. The Labute approximate surface area is 136 Å². The molecule has 1 aromatic rings. The van der Waals surface area contributed by atoms with Gasteiger partial charge >= 0.3 is 12.0 Å². The van der Waals surface area contributed by atoms with Crippen LogP contribution in [-0.4, -0.2) is 53.6 Å². The van der Waals surface area contributed by atoms with Gasteiger partial charge in [0.15, 0.2) is 0 Å². The summed E-state index contributed by atoms with van der Waals surface area (Å²) in [6.45, 7) is 1.59. The second-order valence-electron chi connectivity index (χ2n) is 6.79. The van der Waals surface area contributed by atoms with Crippen LogP contribution in [0.5, 0.6) is 0 Å². The minimum Gasteiger partial charge on any atom is -0.481 e. The van der Waals surface area contributed by atoms with E-state index in [0.29, 0.717) is 25.6 Å².